The van der Waals surface area contributed by atoms with Gasteiger partial charge in [-0.2, -0.15) is 0 Å². The zero-order valence-electron chi connectivity index (χ0n) is 19.7. The number of rotatable bonds is 9. The van der Waals surface area contributed by atoms with Crippen LogP contribution in [0.15, 0.2) is 35.5 Å². The van der Waals surface area contributed by atoms with Crippen LogP contribution in [0.25, 0.3) is 27.8 Å². The molecule has 0 saturated heterocycles. The molecule has 1 aromatic carbocycles. The molecule has 0 fully saturated rings. The molecule has 0 aliphatic rings. The van der Waals surface area contributed by atoms with Gasteiger partial charge in [-0.3, -0.25) is 9.78 Å². The highest BCUT2D eigenvalue weighted by Gasteiger charge is 2.16. The Morgan fingerprint density at radius 2 is 2.06 bits per heavy atom. The number of aromatic nitrogens is 2. The number of ether oxygens (including phenoxy) is 2. The number of benzene rings is 1. The Balaban J connectivity index is 2.03. The predicted molar refractivity (Wildman–Crippen MR) is 130 cm³/mol. The second-order valence-electron chi connectivity index (χ2n) is 8.35. The third-order valence-corrected chi connectivity index (χ3v) is 5.60. The number of pyridine rings is 2. The molecular formula is C25H31N3O5. The molecule has 2 heterocycles. The molecule has 8 heteroatoms. The fourth-order valence-corrected chi connectivity index (χ4v) is 4.06. The van der Waals surface area contributed by atoms with Gasteiger partial charge in [0, 0.05) is 36.3 Å². The number of nitrogens with zero attached hydrogens (tertiary/aromatic N) is 2. The molecule has 0 saturated carbocycles. The first-order valence-corrected chi connectivity index (χ1v) is 11.0. The first-order valence-electron chi connectivity index (χ1n) is 11.0. The molecule has 176 valence electrons. The molecule has 0 aliphatic carbocycles. The molecule has 3 aromatic rings. The van der Waals surface area contributed by atoms with Crippen LogP contribution in [0.2, 0.25) is 0 Å². The normalized spacial score (nSPS) is 13.4. The zero-order chi connectivity index (χ0) is 24.1. The number of hydrogen-bond donors (Lipinski definition) is 2. The zero-order valence-corrected chi connectivity index (χ0v) is 19.7. The molecule has 1 amide bonds. The van der Waals surface area contributed by atoms with Crippen LogP contribution < -0.4 is 15.6 Å². The maximum atomic E-state index is 13.0. The minimum Gasteiger partial charge on any atom is -0.501 e. The minimum atomic E-state index is -1.04. The van der Waals surface area contributed by atoms with E-state index in [2.05, 4.69) is 10.3 Å². The number of hydrogen-bond acceptors (Lipinski definition) is 5. The summed E-state index contributed by atoms with van der Waals surface area (Å²) in [4.78, 5) is 28.2. The van der Waals surface area contributed by atoms with Crippen molar-refractivity contribution in [2.24, 2.45) is 13.0 Å². The van der Waals surface area contributed by atoms with E-state index in [1.165, 1.54) is 0 Å². The number of aryl methyl sites for hydroxylation is 2. The quantitative estimate of drug-likeness (QED) is 0.366. The summed E-state index contributed by atoms with van der Waals surface area (Å²) in [5.41, 5.74) is 2.18. The summed E-state index contributed by atoms with van der Waals surface area (Å²) >= 11 is 0. The van der Waals surface area contributed by atoms with Gasteiger partial charge in [0.25, 0.3) is 5.56 Å². The standard InChI is InChI=1S/C25H31N3O5/c1-6-32-10-8-18-12-20-19-7-9-26-17(4)23(19)24(29)28(5)21(20)13-22(18)33-14-15(2)11-16(3)27-25(30)31/h7-10,12-13,15-16,27H,6,11,14H2,1-5H3,(H,30,31). The Morgan fingerprint density at radius 1 is 1.30 bits per heavy atom. The van der Waals surface area contributed by atoms with Crippen molar-refractivity contribution in [3.63, 3.8) is 0 Å². The van der Waals surface area contributed by atoms with Crippen molar-refractivity contribution in [1.29, 1.82) is 0 Å². The van der Waals surface area contributed by atoms with Gasteiger partial charge in [-0.1, -0.05) is 6.92 Å². The summed E-state index contributed by atoms with van der Waals surface area (Å²) in [6.45, 7) is 8.54. The minimum absolute atomic E-state index is 0.103. The highest BCUT2D eigenvalue weighted by molar-refractivity contribution is 6.07. The molecule has 2 N–H and O–H groups in total. The average Bonchev–Trinajstić information content (AvgIpc) is 2.75. The molecule has 0 bridgehead atoms. The van der Waals surface area contributed by atoms with Crippen molar-refractivity contribution >= 4 is 33.8 Å². The maximum absolute atomic E-state index is 13.0. The van der Waals surface area contributed by atoms with Gasteiger partial charge in [-0.15, -0.1) is 0 Å². The summed E-state index contributed by atoms with van der Waals surface area (Å²) < 4.78 is 13.2. The van der Waals surface area contributed by atoms with Crippen molar-refractivity contribution in [3.8, 4) is 5.75 Å². The van der Waals surface area contributed by atoms with Crippen LogP contribution in [0.5, 0.6) is 5.75 Å². The van der Waals surface area contributed by atoms with Gasteiger partial charge in [-0.25, -0.2) is 4.79 Å². The van der Waals surface area contributed by atoms with Crippen molar-refractivity contribution in [2.75, 3.05) is 13.2 Å². The molecule has 3 rings (SSSR count). The summed E-state index contributed by atoms with van der Waals surface area (Å²) in [5.74, 6) is 0.740. The van der Waals surface area contributed by atoms with Gasteiger partial charge in [0.2, 0.25) is 0 Å². The average molecular weight is 454 g/mol. The molecular weight excluding hydrogens is 422 g/mol. The van der Waals surface area contributed by atoms with E-state index in [4.69, 9.17) is 14.6 Å². The van der Waals surface area contributed by atoms with Gasteiger partial charge >= 0.3 is 6.09 Å². The smallest absolute Gasteiger partial charge is 0.404 e. The molecule has 8 nitrogen and oxygen atoms in total. The topological polar surface area (TPSA) is 103 Å². The first-order chi connectivity index (χ1) is 15.7. The van der Waals surface area contributed by atoms with E-state index >= 15 is 0 Å². The number of amides is 1. The van der Waals surface area contributed by atoms with E-state index in [1.54, 1.807) is 24.1 Å². The van der Waals surface area contributed by atoms with Crippen molar-refractivity contribution in [1.82, 2.24) is 14.9 Å². The summed E-state index contributed by atoms with van der Waals surface area (Å²) in [7, 11) is 1.75. The van der Waals surface area contributed by atoms with Crippen LogP contribution in [0.4, 0.5) is 4.79 Å². The Morgan fingerprint density at radius 3 is 2.76 bits per heavy atom. The molecule has 33 heavy (non-hydrogen) atoms. The molecule has 2 atom stereocenters. The van der Waals surface area contributed by atoms with Gasteiger partial charge < -0.3 is 24.5 Å². The Kier molecular flexibility index (Phi) is 7.58. The van der Waals surface area contributed by atoms with E-state index in [0.717, 1.165) is 21.9 Å². The highest BCUT2D eigenvalue weighted by atomic mass is 16.5. The summed E-state index contributed by atoms with van der Waals surface area (Å²) in [6, 6.07) is 5.56. The summed E-state index contributed by atoms with van der Waals surface area (Å²) in [5, 5.41) is 13.7. The third kappa shape index (κ3) is 5.45. The van der Waals surface area contributed by atoms with Crippen molar-refractivity contribution in [3.05, 3.63) is 52.3 Å². The van der Waals surface area contributed by atoms with Crippen LogP contribution in [-0.4, -0.2) is 40.0 Å². The molecule has 0 radical (unpaired) electrons. The molecule has 0 spiro atoms. The number of carboxylic acid groups (broad SMARTS) is 1. The second-order valence-corrected chi connectivity index (χ2v) is 8.35. The van der Waals surface area contributed by atoms with Gasteiger partial charge in [-0.05, 0) is 56.7 Å². The lowest BCUT2D eigenvalue weighted by Gasteiger charge is -2.19. The number of nitrogens with one attached hydrogen (secondary N) is 1. The van der Waals surface area contributed by atoms with E-state index in [9.17, 15) is 9.59 Å². The SMILES string of the molecule is CCOC=Cc1cc2c3ccnc(C)c3c(=O)n(C)c2cc1OCC(C)CC(C)NC(=O)O. The van der Waals surface area contributed by atoms with Gasteiger partial charge in [0.1, 0.15) is 5.75 Å². The van der Waals surface area contributed by atoms with Gasteiger partial charge in [0.05, 0.1) is 36.1 Å². The van der Waals surface area contributed by atoms with Crippen LogP contribution >= 0.6 is 0 Å². The van der Waals surface area contributed by atoms with Crippen LogP contribution in [-0.2, 0) is 11.8 Å². The Hall–Kier alpha value is -3.55. The lowest BCUT2D eigenvalue weighted by molar-refractivity contribution is 0.185. The van der Waals surface area contributed by atoms with Crippen LogP contribution in [0.1, 0.15) is 38.4 Å². The predicted octanol–water partition coefficient (Wildman–Crippen LogP) is 4.46. The van der Waals surface area contributed by atoms with Crippen LogP contribution in [0, 0.1) is 12.8 Å². The van der Waals surface area contributed by atoms with E-state index in [-0.39, 0.29) is 17.5 Å². The number of fused-ring (bicyclic) bond motifs is 3. The maximum Gasteiger partial charge on any atom is 0.404 e. The first kappa shape index (κ1) is 24.1. The molecule has 2 unspecified atom stereocenters. The lowest BCUT2D eigenvalue weighted by Crippen LogP contribution is -2.33. The Bertz CT molecular complexity index is 1250. The Labute approximate surface area is 192 Å². The van der Waals surface area contributed by atoms with E-state index < -0.39 is 6.09 Å². The molecule has 0 aliphatic heterocycles. The van der Waals surface area contributed by atoms with Crippen molar-refractivity contribution < 1.29 is 19.4 Å². The van der Waals surface area contributed by atoms with E-state index in [0.29, 0.717) is 36.5 Å². The highest BCUT2D eigenvalue weighted by Crippen LogP contribution is 2.31. The number of carbonyl (C=O) groups is 1. The van der Waals surface area contributed by atoms with Crippen molar-refractivity contribution in [2.45, 2.75) is 40.2 Å². The monoisotopic (exact) mass is 453 g/mol. The van der Waals surface area contributed by atoms with Gasteiger partial charge in [0.15, 0.2) is 0 Å². The molecule has 2 aromatic heterocycles. The summed E-state index contributed by atoms with van der Waals surface area (Å²) in [6.07, 6.45) is 4.80. The fraction of sp³-hybridized carbons (Fsp3) is 0.400. The van der Waals surface area contributed by atoms with Crippen LogP contribution in [0.3, 0.4) is 0 Å². The van der Waals surface area contributed by atoms with E-state index in [1.807, 2.05) is 52.0 Å². The largest absolute Gasteiger partial charge is 0.501 e. The lowest BCUT2D eigenvalue weighted by atomic mass is 10.0. The second kappa shape index (κ2) is 10.4. The fourth-order valence-electron chi connectivity index (χ4n) is 4.06. The third-order valence-electron chi connectivity index (χ3n) is 5.60.